The van der Waals surface area contributed by atoms with Gasteiger partial charge in [0.2, 0.25) is 0 Å². The molecule has 0 unspecified atom stereocenters. The maximum atomic E-state index is 6.46. The minimum atomic E-state index is 0.876. The van der Waals surface area contributed by atoms with Crippen molar-refractivity contribution < 1.29 is 9.15 Å². The molecule has 0 radical (unpaired) electrons. The molecule has 0 saturated heterocycles. The largest absolute Gasteiger partial charge is 0.456 e. The smallest absolute Gasteiger partial charge is 0.152 e. The van der Waals surface area contributed by atoms with Gasteiger partial charge in [-0.15, -0.1) is 0 Å². The SMILES string of the molecule is c1ccc2c(c1)Oc1ccc(-c3ccc(-n4c5ccccc5c5cc(-c6ccc7oc8ccccc8c7c6)ccc54)cc3)c3c4ccccc4n-2c13. The van der Waals surface area contributed by atoms with Crippen LogP contribution in [0, 0.1) is 0 Å². The van der Waals surface area contributed by atoms with Gasteiger partial charge in [0.25, 0.3) is 0 Å². The Labute approximate surface area is 297 Å². The summed E-state index contributed by atoms with van der Waals surface area (Å²) < 4.78 is 17.3. The molecular formula is C48H28N2O2. The van der Waals surface area contributed by atoms with Crippen LogP contribution >= 0.6 is 0 Å². The molecular weight excluding hydrogens is 637 g/mol. The van der Waals surface area contributed by atoms with Gasteiger partial charge in [0.15, 0.2) is 11.5 Å². The van der Waals surface area contributed by atoms with Crippen molar-refractivity contribution in [2.24, 2.45) is 0 Å². The fourth-order valence-corrected chi connectivity index (χ4v) is 8.61. The standard InChI is InChI=1S/C48H28N2O2/c1-4-12-39-34(9-1)37-27-30(31-20-25-44-38(28-31)35-10-3-7-15-43(35)51-44)19-24-41(37)49(39)32-21-17-29(18-22-32)33-23-26-46-48-47(33)36-11-2-5-13-40(36)50(48)42-14-6-8-16-45(42)52-46/h1-28H. The van der Waals surface area contributed by atoms with E-state index in [1.165, 1.54) is 60.3 Å². The van der Waals surface area contributed by atoms with Gasteiger partial charge in [0, 0.05) is 38.0 Å². The zero-order chi connectivity index (χ0) is 33.9. The van der Waals surface area contributed by atoms with Gasteiger partial charge in [0.05, 0.1) is 27.8 Å². The predicted octanol–water partition coefficient (Wildman–Crippen LogP) is 13.2. The first-order valence-electron chi connectivity index (χ1n) is 17.7. The maximum absolute atomic E-state index is 6.46. The Balaban J connectivity index is 1.00. The molecule has 0 bridgehead atoms. The number of benzene rings is 8. The lowest BCUT2D eigenvalue weighted by atomic mass is 9.98. The van der Waals surface area contributed by atoms with Gasteiger partial charge < -0.3 is 18.3 Å². The topological polar surface area (TPSA) is 32.2 Å². The minimum Gasteiger partial charge on any atom is -0.456 e. The lowest BCUT2D eigenvalue weighted by Crippen LogP contribution is -2.03. The molecule has 0 spiro atoms. The summed E-state index contributed by atoms with van der Waals surface area (Å²) in [5.74, 6) is 1.76. The molecule has 242 valence electrons. The summed E-state index contributed by atoms with van der Waals surface area (Å²) in [6, 6.07) is 60.7. The number of nitrogens with zero attached hydrogens (tertiary/aromatic N) is 2. The molecule has 4 nitrogen and oxygen atoms in total. The zero-order valence-electron chi connectivity index (χ0n) is 27.9. The number of hydrogen-bond donors (Lipinski definition) is 0. The first-order chi connectivity index (χ1) is 25.8. The van der Waals surface area contributed by atoms with Crippen LogP contribution in [-0.4, -0.2) is 9.13 Å². The van der Waals surface area contributed by atoms with Crippen molar-refractivity contribution in [1.29, 1.82) is 0 Å². The van der Waals surface area contributed by atoms with E-state index in [9.17, 15) is 0 Å². The van der Waals surface area contributed by atoms with E-state index in [1.807, 2.05) is 24.3 Å². The third-order valence-corrected chi connectivity index (χ3v) is 10.9. The Morgan fingerprint density at radius 3 is 1.88 bits per heavy atom. The quantitative estimate of drug-likeness (QED) is 0.188. The number of ether oxygens (including phenoxy) is 1. The Hall–Kier alpha value is -7.04. The first kappa shape index (κ1) is 27.7. The van der Waals surface area contributed by atoms with Crippen molar-refractivity contribution in [2.75, 3.05) is 0 Å². The predicted molar refractivity (Wildman–Crippen MR) is 213 cm³/mol. The average Bonchev–Trinajstić information content (AvgIpc) is 3.87. The second kappa shape index (κ2) is 10.3. The minimum absolute atomic E-state index is 0.876. The van der Waals surface area contributed by atoms with Gasteiger partial charge in [-0.1, -0.05) is 91.0 Å². The average molecular weight is 665 g/mol. The maximum Gasteiger partial charge on any atom is 0.152 e. The zero-order valence-corrected chi connectivity index (χ0v) is 27.9. The molecule has 1 aliphatic heterocycles. The second-order valence-corrected chi connectivity index (χ2v) is 13.7. The van der Waals surface area contributed by atoms with Gasteiger partial charge in [-0.05, 0) is 101 Å². The summed E-state index contributed by atoms with van der Waals surface area (Å²) in [5.41, 5.74) is 13.4. The number of furan rings is 1. The van der Waals surface area contributed by atoms with E-state index in [0.717, 1.165) is 50.3 Å². The summed E-state index contributed by atoms with van der Waals surface area (Å²) in [6.07, 6.45) is 0. The van der Waals surface area contributed by atoms with Crippen molar-refractivity contribution >= 4 is 65.6 Å². The summed E-state index contributed by atoms with van der Waals surface area (Å²) in [4.78, 5) is 0. The van der Waals surface area contributed by atoms with E-state index >= 15 is 0 Å². The third kappa shape index (κ3) is 3.75. The molecule has 11 aromatic rings. The van der Waals surface area contributed by atoms with E-state index in [1.54, 1.807) is 0 Å². The van der Waals surface area contributed by atoms with Crippen LogP contribution in [0.15, 0.2) is 174 Å². The van der Waals surface area contributed by atoms with Gasteiger partial charge >= 0.3 is 0 Å². The number of hydrogen-bond acceptors (Lipinski definition) is 2. The number of fused-ring (bicyclic) bond motifs is 11. The van der Waals surface area contributed by atoms with Crippen molar-refractivity contribution in [1.82, 2.24) is 9.13 Å². The molecule has 0 N–H and O–H groups in total. The molecule has 12 rings (SSSR count). The molecule has 0 atom stereocenters. The highest BCUT2D eigenvalue weighted by Crippen LogP contribution is 2.48. The fourth-order valence-electron chi connectivity index (χ4n) is 8.61. The molecule has 0 amide bonds. The van der Waals surface area contributed by atoms with E-state index in [0.29, 0.717) is 0 Å². The van der Waals surface area contributed by atoms with Crippen molar-refractivity contribution in [2.45, 2.75) is 0 Å². The Morgan fingerprint density at radius 1 is 0.385 bits per heavy atom. The van der Waals surface area contributed by atoms with Crippen LogP contribution in [0.25, 0.3) is 99.2 Å². The summed E-state index contributed by atoms with van der Waals surface area (Å²) in [6.45, 7) is 0. The Kier molecular flexibility index (Phi) is 5.47. The summed E-state index contributed by atoms with van der Waals surface area (Å²) >= 11 is 0. The van der Waals surface area contributed by atoms with E-state index in [-0.39, 0.29) is 0 Å². The molecule has 1 aliphatic rings. The van der Waals surface area contributed by atoms with Crippen molar-refractivity contribution in [3.63, 3.8) is 0 Å². The molecule has 4 heteroatoms. The third-order valence-electron chi connectivity index (χ3n) is 10.9. The van der Waals surface area contributed by atoms with Gasteiger partial charge in [-0.25, -0.2) is 0 Å². The van der Waals surface area contributed by atoms with E-state index < -0.39 is 0 Å². The van der Waals surface area contributed by atoms with Crippen LogP contribution in [0.3, 0.4) is 0 Å². The molecule has 0 fully saturated rings. The van der Waals surface area contributed by atoms with Crippen LogP contribution in [0.2, 0.25) is 0 Å². The van der Waals surface area contributed by atoms with Gasteiger partial charge in [-0.2, -0.15) is 0 Å². The van der Waals surface area contributed by atoms with Crippen molar-refractivity contribution in [3.8, 4) is 45.1 Å². The lowest BCUT2D eigenvalue weighted by molar-refractivity contribution is 0.476. The second-order valence-electron chi connectivity index (χ2n) is 13.7. The molecule has 3 aromatic heterocycles. The lowest BCUT2D eigenvalue weighted by Gasteiger charge is -2.21. The molecule has 0 aliphatic carbocycles. The number of aromatic nitrogens is 2. The van der Waals surface area contributed by atoms with Gasteiger partial charge in [0.1, 0.15) is 11.2 Å². The van der Waals surface area contributed by atoms with Crippen LogP contribution < -0.4 is 4.74 Å². The van der Waals surface area contributed by atoms with Crippen LogP contribution in [-0.2, 0) is 0 Å². The monoisotopic (exact) mass is 664 g/mol. The van der Waals surface area contributed by atoms with Crippen LogP contribution in [0.1, 0.15) is 0 Å². The van der Waals surface area contributed by atoms with E-state index in [4.69, 9.17) is 9.15 Å². The first-order valence-corrected chi connectivity index (χ1v) is 17.7. The summed E-state index contributed by atoms with van der Waals surface area (Å²) in [7, 11) is 0. The van der Waals surface area contributed by atoms with Gasteiger partial charge in [-0.3, -0.25) is 0 Å². The van der Waals surface area contributed by atoms with E-state index in [2.05, 4.69) is 155 Å². The molecule has 0 saturated carbocycles. The molecule has 52 heavy (non-hydrogen) atoms. The molecule has 4 heterocycles. The highest BCUT2D eigenvalue weighted by molar-refractivity contribution is 6.18. The molecule has 8 aromatic carbocycles. The number of rotatable bonds is 3. The van der Waals surface area contributed by atoms with Crippen LogP contribution in [0.5, 0.6) is 11.5 Å². The highest BCUT2D eigenvalue weighted by Gasteiger charge is 2.25. The Bertz CT molecular complexity index is 3270. The normalized spacial score (nSPS) is 12.4. The fraction of sp³-hybridized carbons (Fsp3) is 0. The van der Waals surface area contributed by atoms with Crippen LogP contribution in [0.4, 0.5) is 0 Å². The highest BCUT2D eigenvalue weighted by atomic mass is 16.5. The van der Waals surface area contributed by atoms with Crippen molar-refractivity contribution in [3.05, 3.63) is 170 Å². The Morgan fingerprint density at radius 2 is 1.02 bits per heavy atom. The number of para-hydroxylation sites is 5. The summed E-state index contributed by atoms with van der Waals surface area (Å²) in [5, 5.41) is 7.18.